The zero-order valence-electron chi connectivity index (χ0n) is 62.0. The number of aliphatic carboxylic acids is 2. The second-order valence-corrected chi connectivity index (χ2v) is 26.6. The number of carboxylic acid groups (broad SMARTS) is 2. The summed E-state index contributed by atoms with van der Waals surface area (Å²) in [5.41, 5.74) is -1.34. The highest BCUT2D eigenvalue weighted by Crippen LogP contribution is 2.25. The molecule has 0 aliphatic rings. The Morgan fingerprint density at radius 1 is 0.389 bits per heavy atom. The summed E-state index contributed by atoms with van der Waals surface area (Å²) in [6.07, 6.45) is 16.5. The van der Waals surface area contributed by atoms with Crippen LogP contribution in [-0.2, 0) is 82.9 Å². The number of hydrogen-bond acceptors (Lipinski definition) is 18. The molecule has 95 heavy (non-hydrogen) atoms. The van der Waals surface area contributed by atoms with Crippen LogP contribution in [0.25, 0.3) is 0 Å². The van der Waals surface area contributed by atoms with Gasteiger partial charge in [-0.15, -0.1) is 0 Å². The van der Waals surface area contributed by atoms with E-state index in [1.54, 1.807) is 13.8 Å². The molecule has 1 unspecified atom stereocenters. The van der Waals surface area contributed by atoms with Crippen LogP contribution in [0.5, 0.6) is 0 Å². The van der Waals surface area contributed by atoms with E-state index in [4.69, 9.17) is 48.1 Å². The Morgan fingerprint density at radius 2 is 0.747 bits per heavy atom. The minimum Gasteiger partial charge on any atom is -0.481 e. The summed E-state index contributed by atoms with van der Waals surface area (Å²) in [6.45, 7) is 37.3. The first kappa shape index (κ1) is 94.9. The van der Waals surface area contributed by atoms with Crippen molar-refractivity contribution in [2.75, 3.05) is 59.3 Å². The van der Waals surface area contributed by atoms with Crippen LogP contribution >= 0.6 is 0 Å². The molecule has 0 bridgehead atoms. The number of amides is 2. The molecule has 1 atom stereocenters. The minimum atomic E-state index is -0.774. The van der Waals surface area contributed by atoms with Crippen molar-refractivity contribution in [3.8, 4) is 0 Å². The van der Waals surface area contributed by atoms with Gasteiger partial charge in [0.05, 0.1) is 73.2 Å². The highest BCUT2D eigenvalue weighted by Gasteiger charge is 2.30. The molecule has 1 rings (SSSR count). The number of carbonyl (C=O) groups excluding carboxylic acids is 8. The third-order valence-electron chi connectivity index (χ3n) is 16.2. The molecule has 2 amide bonds. The smallest absolute Gasteiger partial charge is 0.407 e. The zero-order chi connectivity index (χ0) is 73.4. The normalized spacial score (nSPS) is 11.4. The molecule has 22 nitrogen and oxygen atoms in total. The van der Waals surface area contributed by atoms with Crippen molar-refractivity contribution < 1.29 is 96.1 Å². The van der Waals surface area contributed by atoms with Gasteiger partial charge in [0.2, 0.25) is 0 Å². The monoisotopic (exact) mass is 1350 g/mol. The standard InChI is InChI=1S/C23H43NO6.C19H35NO6.C13H18O2.C12H22O4.C6H12O2/c1-6-9-13-19(7-2)18-30-20(25)14-11-10-12-16-29-22(27)24-15-17-28-21(26)23(4,5)8-3;1-5-7-13-24-16(21)11-9-8-10-14-26-18(23)20-12-15-25-17(22)19(3,4)6-2;1-4-13(2,3)12(14)15-10-11-8-6-5-7-9-11;1-4-12(2,3)11(15)16-9-7-5-6-8-10(13)14;1-4-6(2,3)5(7)8/h19H,6-18H2,1-5H3,(H,24,27);5-15H2,1-4H3,(H,20,23);5-9H,4,10H2,1-3H3;4-9H2,1-3H3,(H,13,14);4H2,1-3H3,(H,7,8). The van der Waals surface area contributed by atoms with Crippen LogP contribution in [0, 0.1) is 33.0 Å². The molecule has 0 fully saturated rings. The molecule has 0 saturated heterocycles. The van der Waals surface area contributed by atoms with Crippen LogP contribution in [0.15, 0.2) is 30.3 Å². The van der Waals surface area contributed by atoms with E-state index in [-0.39, 0.29) is 74.0 Å². The van der Waals surface area contributed by atoms with Gasteiger partial charge in [-0.3, -0.25) is 38.4 Å². The first-order valence-electron chi connectivity index (χ1n) is 34.9. The number of esters is 6. The topological polar surface area (TPSA) is 309 Å². The van der Waals surface area contributed by atoms with Gasteiger partial charge in [0.25, 0.3) is 0 Å². The highest BCUT2D eigenvalue weighted by atomic mass is 16.6. The van der Waals surface area contributed by atoms with Crippen molar-refractivity contribution in [1.82, 2.24) is 10.6 Å². The predicted molar refractivity (Wildman–Crippen MR) is 369 cm³/mol. The Kier molecular flexibility index (Phi) is 56.6. The molecule has 0 aromatic heterocycles. The van der Waals surface area contributed by atoms with Gasteiger partial charge in [-0.1, -0.05) is 111 Å². The van der Waals surface area contributed by atoms with Crippen molar-refractivity contribution in [2.24, 2.45) is 33.0 Å². The van der Waals surface area contributed by atoms with Crippen LogP contribution in [-0.4, -0.2) is 129 Å². The second kappa shape index (κ2) is 56.7. The van der Waals surface area contributed by atoms with Crippen LogP contribution < -0.4 is 10.6 Å². The lowest BCUT2D eigenvalue weighted by atomic mass is 9.91. The Balaban J connectivity index is -0.000000576. The molecule has 0 saturated carbocycles. The summed E-state index contributed by atoms with van der Waals surface area (Å²) in [7, 11) is 0. The third-order valence-corrected chi connectivity index (χ3v) is 16.2. The molecule has 1 aromatic carbocycles. The van der Waals surface area contributed by atoms with Gasteiger partial charge in [-0.05, 0) is 183 Å². The lowest BCUT2D eigenvalue weighted by Crippen LogP contribution is -2.32. The van der Waals surface area contributed by atoms with Gasteiger partial charge >= 0.3 is 59.9 Å². The lowest BCUT2D eigenvalue weighted by molar-refractivity contribution is -0.156. The quantitative estimate of drug-likeness (QED) is 0.0268. The number of carbonyl (C=O) groups is 10. The van der Waals surface area contributed by atoms with E-state index in [1.807, 2.05) is 127 Å². The van der Waals surface area contributed by atoms with Gasteiger partial charge in [0.1, 0.15) is 19.8 Å². The number of ether oxygens (including phenoxy) is 8. The number of hydrogen-bond donors (Lipinski definition) is 4. The second-order valence-electron chi connectivity index (χ2n) is 26.6. The maximum atomic E-state index is 11.8. The number of rotatable bonds is 45. The highest BCUT2D eigenvalue weighted by molar-refractivity contribution is 5.77. The summed E-state index contributed by atoms with van der Waals surface area (Å²) < 4.78 is 41.1. The summed E-state index contributed by atoms with van der Waals surface area (Å²) in [5.74, 6) is -2.20. The minimum absolute atomic E-state index is 0.122. The lowest BCUT2D eigenvalue weighted by Gasteiger charge is -2.20. The van der Waals surface area contributed by atoms with Crippen LogP contribution in [0.1, 0.15) is 278 Å². The van der Waals surface area contributed by atoms with E-state index in [2.05, 4.69) is 24.5 Å². The van der Waals surface area contributed by atoms with Gasteiger partial charge in [0.15, 0.2) is 0 Å². The maximum absolute atomic E-state index is 11.8. The van der Waals surface area contributed by atoms with Crippen molar-refractivity contribution >= 4 is 59.9 Å². The molecule has 0 aliphatic carbocycles. The number of nitrogens with one attached hydrogen (secondary N) is 2. The fraction of sp³-hybridized carbons (Fsp3) is 0.781. The summed E-state index contributed by atoms with van der Waals surface area (Å²) in [6, 6.07) is 9.72. The molecule has 22 heteroatoms. The molecular formula is C73H130N2O20. The molecule has 552 valence electrons. The van der Waals surface area contributed by atoms with Gasteiger partial charge in [-0.2, -0.15) is 0 Å². The first-order valence-corrected chi connectivity index (χ1v) is 34.9. The average Bonchev–Trinajstić information content (AvgIpc) is 1.30. The fourth-order valence-electron chi connectivity index (χ4n) is 6.66. The molecule has 0 radical (unpaired) electrons. The number of alkyl carbamates (subject to hydrolysis) is 2. The molecular weight excluding hydrogens is 1220 g/mol. The van der Waals surface area contributed by atoms with Crippen LogP contribution in [0.3, 0.4) is 0 Å². The van der Waals surface area contributed by atoms with E-state index in [1.165, 1.54) is 6.42 Å². The SMILES string of the molecule is CCC(C)(C)C(=O)O.CCC(C)(C)C(=O)OCCCCCC(=O)O.CCC(C)(C)C(=O)OCc1ccccc1.CCCCC(CC)COC(=O)CCCCCOC(=O)NCCOC(=O)C(C)(C)CC.CCCCOC(=O)CCCCCOC(=O)NCCOC(=O)C(C)(C)CC. The molecule has 0 spiro atoms. The van der Waals surface area contributed by atoms with Crippen LogP contribution in [0.2, 0.25) is 0 Å². The van der Waals surface area contributed by atoms with E-state index < -0.39 is 45.8 Å². The van der Waals surface area contributed by atoms with Crippen LogP contribution in [0.4, 0.5) is 9.59 Å². The Morgan fingerprint density at radius 3 is 1.11 bits per heavy atom. The van der Waals surface area contributed by atoms with Gasteiger partial charge < -0.3 is 58.7 Å². The first-order chi connectivity index (χ1) is 44.6. The van der Waals surface area contributed by atoms with Gasteiger partial charge in [-0.25, -0.2) is 9.59 Å². The molecule has 4 N–H and O–H groups in total. The largest absolute Gasteiger partial charge is 0.481 e. The maximum Gasteiger partial charge on any atom is 0.407 e. The Hall–Kier alpha value is -6.48. The number of benzene rings is 1. The Labute approximate surface area is 571 Å². The average molecular weight is 1360 g/mol. The summed E-state index contributed by atoms with van der Waals surface area (Å²) in [5, 5.41) is 21.9. The number of carboxylic acids is 2. The Bertz CT molecular complexity index is 2250. The van der Waals surface area contributed by atoms with Crippen molar-refractivity contribution in [2.45, 2.75) is 279 Å². The van der Waals surface area contributed by atoms with E-state index in [9.17, 15) is 47.9 Å². The molecule has 0 heterocycles. The summed E-state index contributed by atoms with van der Waals surface area (Å²) >= 11 is 0. The number of unbranched alkanes of at least 4 members (excludes halogenated alkanes) is 8. The predicted octanol–water partition coefficient (Wildman–Crippen LogP) is 15.9. The van der Waals surface area contributed by atoms with Crippen molar-refractivity contribution in [3.05, 3.63) is 35.9 Å². The van der Waals surface area contributed by atoms with Gasteiger partial charge in [0, 0.05) is 19.3 Å². The summed E-state index contributed by atoms with van der Waals surface area (Å²) in [4.78, 5) is 113. The van der Waals surface area contributed by atoms with Crippen molar-refractivity contribution in [3.63, 3.8) is 0 Å². The van der Waals surface area contributed by atoms with E-state index in [0.717, 1.165) is 89.0 Å². The zero-order valence-corrected chi connectivity index (χ0v) is 62.0. The van der Waals surface area contributed by atoms with E-state index in [0.29, 0.717) is 96.9 Å². The molecule has 0 aliphatic heterocycles. The van der Waals surface area contributed by atoms with Crippen molar-refractivity contribution in [1.29, 1.82) is 0 Å². The fourth-order valence-corrected chi connectivity index (χ4v) is 6.66. The van der Waals surface area contributed by atoms with E-state index >= 15 is 0 Å². The third kappa shape index (κ3) is 54.4. The molecule has 1 aromatic rings.